The predicted octanol–water partition coefficient (Wildman–Crippen LogP) is 0.486. The summed E-state index contributed by atoms with van der Waals surface area (Å²) in [6.45, 7) is 4.00. The van der Waals surface area contributed by atoms with Gasteiger partial charge in [-0.25, -0.2) is 0 Å². The Balaban J connectivity index is 4.18. The molecule has 0 aromatic carbocycles. The highest BCUT2D eigenvalue weighted by molar-refractivity contribution is 4.47. The Morgan fingerprint density at radius 2 is 1.73 bits per heavy atom. The number of aliphatic hydroxyl groups excluding tert-OH is 1. The van der Waals surface area contributed by atoms with Crippen LogP contribution >= 0.6 is 0 Å². The third-order valence-electron chi connectivity index (χ3n) is 2.41. The van der Waals surface area contributed by atoms with E-state index in [0.717, 1.165) is 12.8 Å². The number of quaternary nitrogens is 1. The molecule has 11 heavy (non-hydrogen) atoms. The average Bonchev–Trinajstić information content (AvgIpc) is 2.01. The maximum absolute atomic E-state index is 9.58. The van der Waals surface area contributed by atoms with Crippen LogP contribution in [-0.2, 0) is 0 Å². The van der Waals surface area contributed by atoms with Gasteiger partial charge in [-0.15, -0.1) is 0 Å². The predicted molar refractivity (Wildman–Crippen MR) is 46.7 cm³/mol. The highest BCUT2D eigenvalue weighted by atomic mass is 16.3. The molecule has 0 radical (unpaired) electrons. The minimum absolute atomic E-state index is 0.0324. The van der Waals surface area contributed by atoms with Gasteiger partial charge in [0.2, 0.25) is 0 Å². The van der Waals surface area contributed by atoms with Crippen LogP contribution in [0.4, 0.5) is 0 Å². The second-order valence-electron chi connectivity index (χ2n) is 3.49. The Labute approximate surface area is 69.4 Å². The van der Waals surface area contributed by atoms with E-state index in [1.54, 1.807) is 0 Å². The first kappa shape index (κ1) is 10.9. The molecule has 2 unspecified atom stereocenters. The zero-order valence-electron chi connectivity index (χ0n) is 8.04. The first-order valence-electron chi connectivity index (χ1n) is 4.23. The van der Waals surface area contributed by atoms with Crippen LogP contribution in [0, 0.1) is 0 Å². The van der Waals surface area contributed by atoms with E-state index in [4.69, 9.17) is 5.73 Å². The number of hydrogen-bond acceptors (Lipinski definition) is 2. The molecule has 0 fully saturated rings. The van der Waals surface area contributed by atoms with Gasteiger partial charge in [-0.1, -0.05) is 13.8 Å². The SMILES string of the molecule is CCC(N)[N+](C)(C)C(O)CC. The lowest BCUT2D eigenvalue weighted by Crippen LogP contribution is -2.59. The number of nitrogens with two attached hydrogens (primary N) is 1. The van der Waals surface area contributed by atoms with E-state index >= 15 is 0 Å². The molecule has 3 heteroatoms. The molecule has 0 saturated carbocycles. The lowest BCUT2D eigenvalue weighted by atomic mass is 10.2. The van der Waals surface area contributed by atoms with Crippen LogP contribution in [0.15, 0.2) is 0 Å². The Morgan fingerprint density at radius 3 is 2.00 bits per heavy atom. The Kier molecular flexibility index (Phi) is 4.00. The van der Waals surface area contributed by atoms with E-state index in [1.165, 1.54) is 0 Å². The fraction of sp³-hybridized carbons (Fsp3) is 1.00. The second kappa shape index (κ2) is 4.04. The van der Waals surface area contributed by atoms with E-state index in [9.17, 15) is 5.11 Å². The third-order valence-corrected chi connectivity index (χ3v) is 2.41. The minimum Gasteiger partial charge on any atom is -0.345 e. The van der Waals surface area contributed by atoms with Gasteiger partial charge < -0.3 is 5.11 Å². The highest BCUT2D eigenvalue weighted by Gasteiger charge is 2.29. The van der Waals surface area contributed by atoms with Crippen LogP contribution in [0.3, 0.4) is 0 Å². The van der Waals surface area contributed by atoms with E-state index < -0.39 is 0 Å². The van der Waals surface area contributed by atoms with Crippen molar-refractivity contribution in [2.75, 3.05) is 14.1 Å². The number of nitrogens with zero attached hydrogens (tertiary/aromatic N) is 1. The van der Waals surface area contributed by atoms with E-state index in [-0.39, 0.29) is 12.4 Å². The van der Waals surface area contributed by atoms with Crippen molar-refractivity contribution in [2.45, 2.75) is 39.1 Å². The molecule has 0 spiro atoms. The Bertz CT molecular complexity index is 103. The summed E-state index contributed by atoms with van der Waals surface area (Å²) in [6.07, 6.45) is 1.33. The van der Waals surface area contributed by atoms with Crippen molar-refractivity contribution in [2.24, 2.45) is 5.73 Å². The molecule has 0 bridgehead atoms. The van der Waals surface area contributed by atoms with Crippen LogP contribution in [-0.4, -0.2) is 36.1 Å². The lowest BCUT2D eigenvalue weighted by Gasteiger charge is -2.38. The molecule has 68 valence electrons. The zero-order valence-corrected chi connectivity index (χ0v) is 8.04. The monoisotopic (exact) mass is 161 g/mol. The van der Waals surface area contributed by atoms with E-state index in [2.05, 4.69) is 0 Å². The summed E-state index contributed by atoms with van der Waals surface area (Å²) in [5.41, 5.74) is 5.84. The standard InChI is InChI=1S/C8H21N2O/c1-5-7(9)10(3,4)8(11)6-2/h7-8,11H,5-6,9H2,1-4H3/q+1. The van der Waals surface area contributed by atoms with Crippen LogP contribution in [0.5, 0.6) is 0 Å². The lowest BCUT2D eigenvalue weighted by molar-refractivity contribution is -0.959. The van der Waals surface area contributed by atoms with Crippen molar-refractivity contribution in [1.29, 1.82) is 0 Å². The number of aliphatic hydroxyl groups is 1. The van der Waals surface area contributed by atoms with Gasteiger partial charge in [0, 0.05) is 12.8 Å². The summed E-state index contributed by atoms with van der Waals surface area (Å²) in [4.78, 5) is 0. The van der Waals surface area contributed by atoms with E-state index in [0.29, 0.717) is 4.48 Å². The molecule has 0 aliphatic carbocycles. The third kappa shape index (κ3) is 2.43. The highest BCUT2D eigenvalue weighted by Crippen LogP contribution is 2.12. The van der Waals surface area contributed by atoms with Gasteiger partial charge >= 0.3 is 0 Å². The molecule has 0 rings (SSSR count). The van der Waals surface area contributed by atoms with Crippen LogP contribution < -0.4 is 5.73 Å². The van der Waals surface area contributed by atoms with Gasteiger partial charge in [0.05, 0.1) is 14.1 Å². The summed E-state index contributed by atoms with van der Waals surface area (Å²) >= 11 is 0. The summed E-state index contributed by atoms with van der Waals surface area (Å²) < 4.78 is 0.493. The van der Waals surface area contributed by atoms with Gasteiger partial charge in [-0.2, -0.15) is 0 Å². The van der Waals surface area contributed by atoms with Crippen molar-refractivity contribution in [3.8, 4) is 0 Å². The summed E-state index contributed by atoms with van der Waals surface area (Å²) in [7, 11) is 3.92. The van der Waals surface area contributed by atoms with Crippen molar-refractivity contribution < 1.29 is 9.59 Å². The van der Waals surface area contributed by atoms with Crippen molar-refractivity contribution in [3.05, 3.63) is 0 Å². The average molecular weight is 161 g/mol. The zero-order chi connectivity index (χ0) is 9.07. The summed E-state index contributed by atoms with van der Waals surface area (Å²) in [5, 5.41) is 9.58. The maximum Gasteiger partial charge on any atom is 0.191 e. The van der Waals surface area contributed by atoms with Crippen LogP contribution in [0.2, 0.25) is 0 Å². The van der Waals surface area contributed by atoms with Crippen molar-refractivity contribution in [3.63, 3.8) is 0 Å². The topological polar surface area (TPSA) is 46.2 Å². The maximum atomic E-state index is 9.58. The summed E-state index contributed by atoms with van der Waals surface area (Å²) in [5.74, 6) is 0. The van der Waals surface area contributed by atoms with Gasteiger partial charge in [-0.05, 0) is 0 Å². The molecule has 3 N–H and O–H groups in total. The molecule has 0 heterocycles. The smallest absolute Gasteiger partial charge is 0.191 e. The number of rotatable bonds is 4. The first-order chi connectivity index (χ1) is 4.96. The van der Waals surface area contributed by atoms with E-state index in [1.807, 2.05) is 27.9 Å². The van der Waals surface area contributed by atoms with Crippen LogP contribution in [0.25, 0.3) is 0 Å². The fourth-order valence-corrected chi connectivity index (χ4v) is 1.16. The largest absolute Gasteiger partial charge is 0.345 e. The first-order valence-corrected chi connectivity index (χ1v) is 4.23. The molecular formula is C8H21N2O+. The molecule has 3 nitrogen and oxygen atoms in total. The fourth-order valence-electron chi connectivity index (χ4n) is 1.16. The van der Waals surface area contributed by atoms with Crippen molar-refractivity contribution >= 4 is 0 Å². The minimum atomic E-state index is -0.343. The second-order valence-corrected chi connectivity index (χ2v) is 3.49. The molecular weight excluding hydrogens is 140 g/mol. The normalized spacial score (nSPS) is 18.0. The molecule has 0 saturated heterocycles. The van der Waals surface area contributed by atoms with Crippen LogP contribution in [0.1, 0.15) is 26.7 Å². The summed E-state index contributed by atoms with van der Waals surface area (Å²) in [6, 6.07) is 0. The molecule has 0 aliphatic heterocycles. The Hall–Kier alpha value is -0.120. The van der Waals surface area contributed by atoms with Gasteiger partial charge in [0.15, 0.2) is 6.23 Å². The molecule has 2 atom stereocenters. The quantitative estimate of drug-likeness (QED) is 0.465. The molecule has 0 aromatic rings. The molecule has 0 amide bonds. The van der Waals surface area contributed by atoms with Crippen molar-refractivity contribution in [1.82, 2.24) is 0 Å². The van der Waals surface area contributed by atoms with Gasteiger partial charge in [0.1, 0.15) is 6.17 Å². The molecule has 0 aliphatic rings. The van der Waals surface area contributed by atoms with Gasteiger partial charge in [-0.3, -0.25) is 10.2 Å². The molecule has 0 aromatic heterocycles. The Morgan fingerprint density at radius 1 is 1.27 bits per heavy atom. The number of hydrogen-bond donors (Lipinski definition) is 2. The van der Waals surface area contributed by atoms with Gasteiger partial charge in [0.25, 0.3) is 0 Å².